The highest BCUT2D eigenvalue weighted by molar-refractivity contribution is 7.99. The quantitative estimate of drug-likeness (QED) is 0.527. The Bertz CT molecular complexity index is 170. The van der Waals surface area contributed by atoms with Crippen LogP contribution in [0.5, 0.6) is 0 Å². The number of hydrogen-bond acceptors (Lipinski definition) is 3. The summed E-state index contributed by atoms with van der Waals surface area (Å²) in [6.45, 7) is 6.41. The van der Waals surface area contributed by atoms with Gasteiger partial charge in [-0.3, -0.25) is 4.90 Å². The Morgan fingerprint density at radius 1 is 1.54 bits per heavy atom. The van der Waals surface area contributed by atoms with Crippen LogP contribution in [-0.2, 0) is 0 Å². The summed E-state index contributed by atoms with van der Waals surface area (Å²) in [5.41, 5.74) is 0. The molecule has 74 valence electrons. The van der Waals surface area contributed by atoms with Crippen LogP contribution < -0.4 is 5.32 Å². The Balaban J connectivity index is 2.14. The van der Waals surface area contributed by atoms with E-state index < -0.39 is 0 Å². The van der Waals surface area contributed by atoms with Gasteiger partial charge >= 0.3 is 0 Å². The Kier molecular flexibility index (Phi) is 5.29. The molecule has 0 aromatic heterocycles. The van der Waals surface area contributed by atoms with Crippen molar-refractivity contribution in [2.75, 3.05) is 37.7 Å². The summed E-state index contributed by atoms with van der Waals surface area (Å²) in [7, 11) is 0. The van der Waals surface area contributed by atoms with Crippen LogP contribution >= 0.6 is 11.8 Å². The Morgan fingerprint density at radius 3 is 2.85 bits per heavy atom. The van der Waals surface area contributed by atoms with Gasteiger partial charge in [0.2, 0.25) is 0 Å². The molecule has 0 aromatic rings. The first-order valence-corrected chi connectivity index (χ1v) is 5.96. The fourth-order valence-electron chi connectivity index (χ4n) is 1.50. The highest BCUT2D eigenvalue weighted by atomic mass is 32.2. The lowest BCUT2D eigenvalue weighted by molar-refractivity contribution is 0.227. The maximum atomic E-state index is 5.16. The van der Waals surface area contributed by atoms with Gasteiger partial charge in [0.05, 0.1) is 6.54 Å². The molecule has 0 radical (unpaired) electrons. The van der Waals surface area contributed by atoms with Gasteiger partial charge in [-0.1, -0.05) is 5.92 Å². The van der Waals surface area contributed by atoms with Crippen LogP contribution in [0.25, 0.3) is 0 Å². The van der Waals surface area contributed by atoms with Gasteiger partial charge in [-0.2, -0.15) is 11.8 Å². The second kappa shape index (κ2) is 6.31. The molecule has 13 heavy (non-hydrogen) atoms. The summed E-state index contributed by atoms with van der Waals surface area (Å²) in [4.78, 5) is 2.53. The van der Waals surface area contributed by atoms with Gasteiger partial charge < -0.3 is 5.32 Å². The van der Waals surface area contributed by atoms with Crippen molar-refractivity contribution in [2.24, 2.45) is 0 Å². The molecule has 0 spiro atoms. The summed E-state index contributed by atoms with van der Waals surface area (Å²) in [5.74, 6) is 5.15. The lowest BCUT2D eigenvalue weighted by atomic mass is 10.2. The van der Waals surface area contributed by atoms with Gasteiger partial charge in [-0.15, -0.1) is 6.42 Å². The largest absolute Gasteiger partial charge is 0.305 e. The van der Waals surface area contributed by atoms with Crippen molar-refractivity contribution in [1.82, 2.24) is 10.2 Å². The van der Waals surface area contributed by atoms with E-state index in [1.807, 2.05) is 11.8 Å². The highest BCUT2D eigenvalue weighted by Crippen LogP contribution is 2.11. The zero-order valence-corrected chi connectivity index (χ0v) is 9.07. The van der Waals surface area contributed by atoms with Crippen LogP contribution in [0.15, 0.2) is 0 Å². The molecule has 1 aliphatic heterocycles. The number of thioether (sulfide) groups is 1. The minimum absolute atomic E-state index is 0.620. The van der Waals surface area contributed by atoms with Gasteiger partial charge in [0.1, 0.15) is 0 Å². The zero-order chi connectivity index (χ0) is 9.52. The summed E-state index contributed by atoms with van der Waals surface area (Å²) < 4.78 is 0. The van der Waals surface area contributed by atoms with Crippen molar-refractivity contribution < 1.29 is 0 Å². The lowest BCUT2D eigenvalue weighted by Crippen LogP contribution is -2.44. The number of nitrogens with zero attached hydrogens (tertiary/aromatic N) is 1. The fourth-order valence-corrected chi connectivity index (χ4v) is 2.43. The molecule has 1 saturated heterocycles. The SMILES string of the molecule is C#CCNCC(C)N1CCSCC1. The second-order valence-corrected chi connectivity index (χ2v) is 4.56. The molecule has 1 N–H and O–H groups in total. The molecule has 1 atom stereocenters. The molecule has 1 unspecified atom stereocenters. The molecule has 1 rings (SSSR count). The van der Waals surface area contributed by atoms with Crippen LogP contribution in [0.3, 0.4) is 0 Å². The second-order valence-electron chi connectivity index (χ2n) is 3.33. The van der Waals surface area contributed by atoms with Crippen molar-refractivity contribution in [3.8, 4) is 12.3 Å². The third-order valence-electron chi connectivity index (χ3n) is 2.34. The normalized spacial score (nSPS) is 20.9. The number of rotatable bonds is 4. The van der Waals surface area contributed by atoms with Gasteiger partial charge in [0, 0.05) is 37.2 Å². The smallest absolute Gasteiger partial charge is 0.0574 e. The monoisotopic (exact) mass is 198 g/mol. The van der Waals surface area contributed by atoms with Crippen LogP contribution in [0, 0.1) is 12.3 Å². The van der Waals surface area contributed by atoms with Crippen LogP contribution in [0.4, 0.5) is 0 Å². The van der Waals surface area contributed by atoms with Crippen molar-refractivity contribution in [3.05, 3.63) is 0 Å². The van der Waals surface area contributed by atoms with Gasteiger partial charge in [0.15, 0.2) is 0 Å². The molecule has 1 fully saturated rings. The first-order chi connectivity index (χ1) is 6.34. The average molecular weight is 198 g/mol. The van der Waals surface area contributed by atoms with E-state index in [1.54, 1.807) is 0 Å². The standard InChI is InChI=1S/C10H18N2S/c1-3-4-11-9-10(2)12-5-7-13-8-6-12/h1,10-11H,4-9H2,2H3. The molecule has 2 nitrogen and oxygen atoms in total. The zero-order valence-electron chi connectivity index (χ0n) is 8.25. The molecule has 0 saturated carbocycles. The third kappa shape index (κ3) is 4.04. The van der Waals surface area contributed by atoms with Crippen molar-refractivity contribution >= 4 is 11.8 Å². The van der Waals surface area contributed by atoms with E-state index in [4.69, 9.17) is 6.42 Å². The maximum absolute atomic E-state index is 5.16. The summed E-state index contributed by atoms with van der Waals surface area (Å²) in [5, 5.41) is 3.25. The van der Waals surface area contributed by atoms with E-state index in [-0.39, 0.29) is 0 Å². The van der Waals surface area contributed by atoms with Crippen molar-refractivity contribution in [3.63, 3.8) is 0 Å². The molecule has 3 heteroatoms. The Hall–Kier alpha value is -0.170. The van der Waals surface area contributed by atoms with E-state index >= 15 is 0 Å². The third-order valence-corrected chi connectivity index (χ3v) is 3.28. The summed E-state index contributed by atoms with van der Waals surface area (Å²) >= 11 is 2.05. The van der Waals surface area contributed by atoms with Gasteiger partial charge in [-0.05, 0) is 6.92 Å². The molecule has 0 bridgehead atoms. The maximum Gasteiger partial charge on any atom is 0.0574 e. The van der Waals surface area contributed by atoms with E-state index in [0.29, 0.717) is 12.6 Å². The lowest BCUT2D eigenvalue weighted by Gasteiger charge is -2.32. The molecular formula is C10H18N2S. The minimum Gasteiger partial charge on any atom is -0.305 e. The summed E-state index contributed by atoms with van der Waals surface area (Å²) in [6.07, 6.45) is 5.16. The van der Waals surface area contributed by atoms with Crippen LogP contribution in [-0.4, -0.2) is 48.6 Å². The van der Waals surface area contributed by atoms with Crippen molar-refractivity contribution in [1.29, 1.82) is 0 Å². The highest BCUT2D eigenvalue weighted by Gasteiger charge is 2.15. The minimum atomic E-state index is 0.620. The topological polar surface area (TPSA) is 15.3 Å². The Morgan fingerprint density at radius 2 is 2.23 bits per heavy atom. The van der Waals surface area contributed by atoms with Gasteiger partial charge in [0.25, 0.3) is 0 Å². The predicted molar refractivity (Wildman–Crippen MR) is 60.1 cm³/mol. The van der Waals surface area contributed by atoms with E-state index in [9.17, 15) is 0 Å². The molecule has 1 aliphatic rings. The first-order valence-electron chi connectivity index (χ1n) is 4.80. The Labute approximate surface area is 85.4 Å². The van der Waals surface area contributed by atoms with Crippen molar-refractivity contribution in [2.45, 2.75) is 13.0 Å². The predicted octanol–water partition coefficient (Wildman–Crippen LogP) is 0.646. The van der Waals surface area contributed by atoms with E-state index in [0.717, 1.165) is 6.54 Å². The molecular weight excluding hydrogens is 180 g/mol. The first kappa shape index (κ1) is 10.9. The molecule has 0 aliphatic carbocycles. The van der Waals surface area contributed by atoms with Crippen LogP contribution in [0.2, 0.25) is 0 Å². The molecule has 0 aromatic carbocycles. The fraction of sp³-hybridized carbons (Fsp3) is 0.800. The van der Waals surface area contributed by atoms with Gasteiger partial charge in [-0.25, -0.2) is 0 Å². The molecule has 0 amide bonds. The molecule has 1 heterocycles. The number of hydrogen-bond donors (Lipinski definition) is 1. The van der Waals surface area contributed by atoms with E-state index in [2.05, 4.69) is 23.1 Å². The van der Waals surface area contributed by atoms with E-state index in [1.165, 1.54) is 24.6 Å². The number of nitrogens with one attached hydrogen (secondary N) is 1. The average Bonchev–Trinajstić information content (AvgIpc) is 2.19. The number of terminal acetylenes is 1. The summed E-state index contributed by atoms with van der Waals surface area (Å²) in [6, 6.07) is 0.620. The van der Waals surface area contributed by atoms with Crippen LogP contribution in [0.1, 0.15) is 6.92 Å².